The summed E-state index contributed by atoms with van der Waals surface area (Å²) in [6.45, 7) is 4.34. The van der Waals surface area contributed by atoms with E-state index in [1.54, 1.807) is 11.0 Å². The summed E-state index contributed by atoms with van der Waals surface area (Å²) in [6.07, 6.45) is 0.268. The Morgan fingerprint density at radius 1 is 1.20 bits per heavy atom. The van der Waals surface area contributed by atoms with Crippen molar-refractivity contribution in [2.24, 2.45) is 7.05 Å². The average molecular weight is 440 g/mol. The molecule has 0 spiro atoms. The van der Waals surface area contributed by atoms with Gasteiger partial charge in [0.15, 0.2) is 11.0 Å². The zero-order valence-electron chi connectivity index (χ0n) is 17.1. The molecule has 0 atom stereocenters. The molecule has 0 bridgehead atoms. The summed E-state index contributed by atoms with van der Waals surface area (Å²) in [5.74, 6) is 0.751. The SMILES string of the molecule is Cc1cc(C)cc(N(CCC#N)C(=O)CSc2nnc(-c3ccccc3Cl)n2C)c1. The second kappa shape index (κ2) is 9.79. The number of halogens is 1. The Labute approximate surface area is 185 Å². The third-order valence-electron chi connectivity index (χ3n) is 4.54. The van der Waals surface area contributed by atoms with Crippen LogP contribution in [0.15, 0.2) is 47.6 Å². The van der Waals surface area contributed by atoms with Crippen molar-refractivity contribution >= 4 is 35.0 Å². The van der Waals surface area contributed by atoms with Crippen LogP contribution in [0.2, 0.25) is 5.02 Å². The topological polar surface area (TPSA) is 74.8 Å². The summed E-state index contributed by atoms with van der Waals surface area (Å²) in [5, 5.41) is 18.7. The van der Waals surface area contributed by atoms with Crippen LogP contribution in [-0.4, -0.2) is 33.0 Å². The molecular weight excluding hydrogens is 418 g/mol. The zero-order valence-corrected chi connectivity index (χ0v) is 18.7. The Morgan fingerprint density at radius 3 is 2.57 bits per heavy atom. The predicted octanol–water partition coefficient (Wildman–Crippen LogP) is 4.79. The van der Waals surface area contributed by atoms with Gasteiger partial charge in [0.2, 0.25) is 5.91 Å². The zero-order chi connectivity index (χ0) is 21.7. The number of rotatable bonds is 7. The minimum atomic E-state index is -0.0810. The Bertz CT molecular complexity index is 1080. The highest BCUT2D eigenvalue weighted by molar-refractivity contribution is 7.99. The van der Waals surface area contributed by atoms with Gasteiger partial charge < -0.3 is 9.47 Å². The van der Waals surface area contributed by atoms with Gasteiger partial charge in [-0.25, -0.2) is 0 Å². The van der Waals surface area contributed by atoms with Gasteiger partial charge in [-0.05, 0) is 49.2 Å². The summed E-state index contributed by atoms with van der Waals surface area (Å²) in [5.41, 5.74) is 3.75. The first-order valence-corrected chi connectivity index (χ1v) is 10.8. The van der Waals surface area contributed by atoms with Crippen molar-refractivity contribution in [1.82, 2.24) is 14.8 Å². The van der Waals surface area contributed by atoms with E-state index in [0.29, 0.717) is 22.5 Å². The lowest BCUT2D eigenvalue weighted by molar-refractivity contribution is -0.116. The summed E-state index contributed by atoms with van der Waals surface area (Å²) in [4.78, 5) is 14.7. The normalized spacial score (nSPS) is 10.6. The number of carbonyl (C=O) groups is 1. The van der Waals surface area contributed by atoms with Crippen molar-refractivity contribution in [1.29, 1.82) is 5.26 Å². The minimum absolute atomic E-state index is 0.0810. The van der Waals surface area contributed by atoms with Gasteiger partial charge in [-0.3, -0.25) is 4.79 Å². The maximum atomic E-state index is 13.0. The lowest BCUT2D eigenvalue weighted by atomic mass is 10.1. The van der Waals surface area contributed by atoms with Crippen molar-refractivity contribution in [3.05, 3.63) is 58.6 Å². The molecule has 0 aliphatic rings. The van der Waals surface area contributed by atoms with E-state index in [4.69, 9.17) is 16.9 Å². The molecule has 154 valence electrons. The Morgan fingerprint density at radius 2 is 1.90 bits per heavy atom. The average Bonchev–Trinajstić information content (AvgIpc) is 3.06. The first-order chi connectivity index (χ1) is 14.4. The van der Waals surface area contributed by atoms with E-state index in [2.05, 4.69) is 22.3 Å². The van der Waals surface area contributed by atoms with E-state index >= 15 is 0 Å². The van der Waals surface area contributed by atoms with Crippen molar-refractivity contribution in [2.75, 3.05) is 17.2 Å². The number of hydrogen-bond donors (Lipinski definition) is 0. The third-order valence-corrected chi connectivity index (χ3v) is 5.88. The number of thioether (sulfide) groups is 1. The van der Waals surface area contributed by atoms with Crippen molar-refractivity contribution in [3.63, 3.8) is 0 Å². The summed E-state index contributed by atoms with van der Waals surface area (Å²) < 4.78 is 1.83. The van der Waals surface area contributed by atoms with Gasteiger partial charge in [-0.15, -0.1) is 10.2 Å². The number of carbonyl (C=O) groups excluding carboxylic acids is 1. The van der Waals surface area contributed by atoms with Crippen LogP contribution < -0.4 is 4.90 Å². The molecule has 0 saturated carbocycles. The van der Waals surface area contributed by atoms with Crippen LogP contribution in [0.25, 0.3) is 11.4 Å². The fourth-order valence-corrected chi connectivity index (χ4v) is 4.20. The molecule has 8 heteroatoms. The molecule has 0 aliphatic carbocycles. The molecule has 2 aromatic carbocycles. The van der Waals surface area contributed by atoms with Crippen LogP contribution in [0.1, 0.15) is 17.5 Å². The predicted molar refractivity (Wildman–Crippen MR) is 121 cm³/mol. The fourth-order valence-electron chi connectivity index (χ4n) is 3.19. The Balaban J connectivity index is 1.77. The quantitative estimate of drug-likeness (QED) is 0.494. The molecule has 1 aromatic heterocycles. The molecule has 1 amide bonds. The maximum absolute atomic E-state index is 13.0. The van der Waals surface area contributed by atoms with Crippen LogP contribution in [0, 0.1) is 25.2 Å². The van der Waals surface area contributed by atoms with E-state index in [1.807, 2.05) is 55.8 Å². The number of anilines is 1. The van der Waals surface area contributed by atoms with Gasteiger partial charge in [-0.2, -0.15) is 5.26 Å². The first kappa shape index (κ1) is 21.9. The molecule has 6 nitrogen and oxygen atoms in total. The molecule has 30 heavy (non-hydrogen) atoms. The van der Waals surface area contributed by atoms with E-state index in [1.165, 1.54) is 11.8 Å². The Hall–Kier alpha value is -2.82. The van der Waals surface area contributed by atoms with Crippen molar-refractivity contribution in [3.8, 4) is 17.5 Å². The van der Waals surface area contributed by atoms with Gasteiger partial charge in [-0.1, -0.05) is 41.6 Å². The summed E-state index contributed by atoms with van der Waals surface area (Å²) in [7, 11) is 1.85. The standard InChI is InChI=1S/C22H22ClN5OS/c1-15-11-16(2)13-17(12-15)28(10-6-9-24)20(29)14-30-22-26-25-21(27(22)3)18-7-4-5-8-19(18)23/h4-5,7-8,11-13H,6,10,14H2,1-3H3. The van der Waals surface area contributed by atoms with Crippen LogP contribution in [-0.2, 0) is 11.8 Å². The molecule has 3 aromatic rings. The highest BCUT2D eigenvalue weighted by atomic mass is 35.5. The number of benzene rings is 2. The number of nitrogens with zero attached hydrogens (tertiary/aromatic N) is 5. The van der Waals surface area contributed by atoms with Crippen molar-refractivity contribution < 1.29 is 4.79 Å². The maximum Gasteiger partial charge on any atom is 0.237 e. The van der Waals surface area contributed by atoms with Crippen molar-refractivity contribution in [2.45, 2.75) is 25.4 Å². The lowest BCUT2D eigenvalue weighted by Gasteiger charge is -2.22. The fraction of sp³-hybridized carbons (Fsp3) is 0.273. The Kier molecular flexibility index (Phi) is 7.14. The van der Waals surface area contributed by atoms with Gasteiger partial charge in [0.25, 0.3) is 0 Å². The second-order valence-electron chi connectivity index (χ2n) is 6.93. The molecule has 0 radical (unpaired) electrons. The van der Waals surface area contributed by atoms with Crippen LogP contribution >= 0.6 is 23.4 Å². The summed E-state index contributed by atoms with van der Waals surface area (Å²) in [6, 6.07) is 15.5. The first-order valence-electron chi connectivity index (χ1n) is 9.43. The van der Waals surface area contributed by atoms with E-state index in [-0.39, 0.29) is 18.1 Å². The molecule has 1 heterocycles. The monoisotopic (exact) mass is 439 g/mol. The lowest BCUT2D eigenvalue weighted by Crippen LogP contribution is -2.33. The number of amides is 1. The molecule has 3 rings (SSSR count). The van der Waals surface area contributed by atoms with E-state index in [0.717, 1.165) is 22.4 Å². The number of aromatic nitrogens is 3. The van der Waals surface area contributed by atoms with Gasteiger partial charge in [0.1, 0.15) is 0 Å². The molecule has 0 fully saturated rings. The minimum Gasteiger partial charge on any atom is -0.311 e. The van der Waals surface area contributed by atoms with Crippen LogP contribution in [0.4, 0.5) is 5.69 Å². The van der Waals surface area contributed by atoms with Gasteiger partial charge >= 0.3 is 0 Å². The van der Waals surface area contributed by atoms with Crippen LogP contribution in [0.3, 0.4) is 0 Å². The second-order valence-corrected chi connectivity index (χ2v) is 8.28. The smallest absolute Gasteiger partial charge is 0.237 e. The van der Waals surface area contributed by atoms with E-state index < -0.39 is 0 Å². The molecular formula is C22H22ClN5OS. The summed E-state index contributed by atoms with van der Waals surface area (Å²) >= 11 is 7.59. The molecule has 0 N–H and O–H groups in total. The van der Waals surface area contributed by atoms with Gasteiger partial charge in [0.05, 0.1) is 23.3 Å². The number of aryl methyl sites for hydroxylation is 2. The molecule has 0 unspecified atom stereocenters. The highest BCUT2D eigenvalue weighted by Gasteiger charge is 2.19. The number of nitriles is 1. The largest absolute Gasteiger partial charge is 0.311 e. The highest BCUT2D eigenvalue weighted by Crippen LogP contribution is 2.28. The van der Waals surface area contributed by atoms with Gasteiger partial charge in [0, 0.05) is 24.8 Å². The molecule has 0 aliphatic heterocycles. The molecule has 0 saturated heterocycles. The van der Waals surface area contributed by atoms with E-state index in [9.17, 15) is 4.79 Å². The number of hydrogen-bond acceptors (Lipinski definition) is 5. The van der Waals surface area contributed by atoms with Crippen LogP contribution in [0.5, 0.6) is 0 Å². The third kappa shape index (κ3) is 5.02.